The van der Waals surface area contributed by atoms with E-state index >= 15 is 0 Å². The molecule has 2 heterocycles. The Balaban J connectivity index is 2.13. The van der Waals surface area contributed by atoms with Crippen molar-refractivity contribution < 1.29 is 17.6 Å². The minimum atomic E-state index is -4.76. The molecule has 0 radical (unpaired) electrons. The Kier molecular flexibility index (Phi) is 4.92. The van der Waals surface area contributed by atoms with Gasteiger partial charge in [0.1, 0.15) is 5.82 Å². The molecule has 0 aromatic heterocycles. The van der Waals surface area contributed by atoms with E-state index in [2.05, 4.69) is 15.4 Å². The van der Waals surface area contributed by atoms with Crippen LogP contribution >= 0.6 is 0 Å². The summed E-state index contributed by atoms with van der Waals surface area (Å²) >= 11 is 0. The first kappa shape index (κ1) is 18.6. The topological polar surface area (TPSA) is 43.2 Å². The molecular formula is C17H21F4N5. The van der Waals surface area contributed by atoms with E-state index in [4.69, 9.17) is 0 Å². The van der Waals surface area contributed by atoms with E-state index in [0.717, 1.165) is 30.9 Å². The van der Waals surface area contributed by atoms with E-state index in [1.54, 1.807) is 11.9 Å². The third kappa shape index (κ3) is 3.53. The highest BCUT2D eigenvalue weighted by Crippen LogP contribution is 2.41. The molecule has 26 heavy (non-hydrogen) atoms. The fourth-order valence-corrected chi connectivity index (χ4v) is 3.12. The molecule has 0 aliphatic carbocycles. The predicted octanol–water partition coefficient (Wildman–Crippen LogP) is 3.51. The molecule has 1 N–H and O–H groups in total. The van der Waals surface area contributed by atoms with Crippen molar-refractivity contribution in [2.75, 3.05) is 26.2 Å². The second kappa shape index (κ2) is 6.86. The zero-order chi connectivity index (χ0) is 19.1. The van der Waals surface area contributed by atoms with Crippen molar-refractivity contribution in [1.82, 2.24) is 15.2 Å². The maximum absolute atomic E-state index is 14.0. The molecule has 1 aromatic carbocycles. The Bertz CT molecular complexity index is 746. The van der Waals surface area contributed by atoms with Crippen LogP contribution in [0.3, 0.4) is 0 Å². The fourth-order valence-electron chi connectivity index (χ4n) is 3.12. The van der Waals surface area contributed by atoms with E-state index in [1.165, 1.54) is 0 Å². The van der Waals surface area contributed by atoms with Gasteiger partial charge < -0.3 is 10.2 Å². The van der Waals surface area contributed by atoms with Crippen LogP contribution in [-0.2, 0) is 6.18 Å². The van der Waals surface area contributed by atoms with Gasteiger partial charge in [0.05, 0.1) is 17.3 Å². The second-order valence-corrected chi connectivity index (χ2v) is 6.61. The van der Waals surface area contributed by atoms with Crippen LogP contribution < -0.4 is 5.32 Å². The lowest BCUT2D eigenvalue weighted by Crippen LogP contribution is -2.52. The standard InChI is InChI=1S/C17H21F4N5/c1-10(2)24-26-11(3)12-8-14(18)13(17(19,20)21)9-15(12)23-16(26)25-6-4-22-5-7-25/h8-9,11,22H,4-7H2,1-3H3. The molecule has 0 saturated carbocycles. The quantitative estimate of drug-likeness (QED) is 0.607. The van der Waals surface area contributed by atoms with Crippen molar-refractivity contribution in [3.63, 3.8) is 0 Å². The zero-order valence-corrected chi connectivity index (χ0v) is 14.9. The number of piperazine rings is 1. The number of hydrogen-bond acceptors (Lipinski definition) is 5. The summed E-state index contributed by atoms with van der Waals surface area (Å²) in [5, 5.41) is 9.38. The molecule has 0 spiro atoms. The minimum absolute atomic E-state index is 0.139. The van der Waals surface area contributed by atoms with Crippen molar-refractivity contribution in [2.45, 2.75) is 33.0 Å². The van der Waals surface area contributed by atoms with Gasteiger partial charge in [0, 0.05) is 37.5 Å². The first-order chi connectivity index (χ1) is 12.2. The summed E-state index contributed by atoms with van der Waals surface area (Å²) in [7, 11) is 0. The van der Waals surface area contributed by atoms with Gasteiger partial charge in [-0.15, -0.1) is 0 Å². The first-order valence-corrected chi connectivity index (χ1v) is 8.44. The van der Waals surface area contributed by atoms with Gasteiger partial charge in [-0.2, -0.15) is 18.3 Å². The Morgan fingerprint density at radius 1 is 1.23 bits per heavy atom. The first-order valence-electron chi connectivity index (χ1n) is 8.44. The third-order valence-corrected chi connectivity index (χ3v) is 4.37. The minimum Gasteiger partial charge on any atom is -0.338 e. The second-order valence-electron chi connectivity index (χ2n) is 6.61. The molecule has 5 nitrogen and oxygen atoms in total. The highest BCUT2D eigenvalue weighted by molar-refractivity contribution is 5.88. The summed E-state index contributed by atoms with van der Waals surface area (Å²) in [6, 6.07) is 1.29. The number of nitrogens with one attached hydrogen (secondary N) is 1. The number of benzene rings is 1. The summed E-state index contributed by atoms with van der Waals surface area (Å²) in [4.78, 5) is 6.42. The number of halogens is 4. The van der Waals surface area contributed by atoms with Gasteiger partial charge in [-0.1, -0.05) is 0 Å². The SMILES string of the molecule is CC(C)=NN1C(N2CCNCC2)=Nc2cc(C(F)(F)F)c(F)cc2C1C. The average Bonchev–Trinajstić information content (AvgIpc) is 2.57. The van der Waals surface area contributed by atoms with Crippen molar-refractivity contribution in [1.29, 1.82) is 0 Å². The van der Waals surface area contributed by atoms with E-state index in [9.17, 15) is 17.6 Å². The van der Waals surface area contributed by atoms with Crippen LogP contribution in [-0.4, -0.2) is 47.8 Å². The Hall–Kier alpha value is -2.16. The number of aliphatic imine (C=N–C) groups is 1. The van der Waals surface area contributed by atoms with Crippen LogP contribution in [0.15, 0.2) is 22.2 Å². The van der Waals surface area contributed by atoms with Crippen LogP contribution in [0.5, 0.6) is 0 Å². The molecule has 3 rings (SSSR count). The molecule has 1 fully saturated rings. The Labute approximate surface area is 149 Å². The molecule has 1 unspecified atom stereocenters. The van der Waals surface area contributed by atoms with Gasteiger partial charge in [0.25, 0.3) is 0 Å². The molecule has 1 saturated heterocycles. The van der Waals surface area contributed by atoms with Gasteiger partial charge in [0.15, 0.2) is 0 Å². The molecule has 142 valence electrons. The predicted molar refractivity (Wildman–Crippen MR) is 92.0 cm³/mol. The maximum Gasteiger partial charge on any atom is 0.419 e. The number of fused-ring (bicyclic) bond motifs is 1. The van der Waals surface area contributed by atoms with Gasteiger partial charge in [-0.25, -0.2) is 14.4 Å². The fraction of sp³-hybridized carbons (Fsp3) is 0.529. The van der Waals surface area contributed by atoms with Gasteiger partial charge in [-0.3, -0.25) is 0 Å². The zero-order valence-electron chi connectivity index (χ0n) is 14.9. The van der Waals surface area contributed by atoms with Crippen LogP contribution in [0, 0.1) is 5.82 Å². The molecule has 1 aromatic rings. The highest BCUT2D eigenvalue weighted by atomic mass is 19.4. The number of nitrogens with zero attached hydrogens (tertiary/aromatic N) is 4. The monoisotopic (exact) mass is 371 g/mol. The average molecular weight is 371 g/mol. The summed E-state index contributed by atoms with van der Waals surface area (Å²) in [6.45, 7) is 8.27. The number of hydrazone groups is 1. The Morgan fingerprint density at radius 2 is 1.88 bits per heavy atom. The smallest absolute Gasteiger partial charge is 0.338 e. The van der Waals surface area contributed by atoms with Crippen molar-refractivity contribution >= 4 is 17.4 Å². The lowest BCUT2D eigenvalue weighted by Gasteiger charge is -2.40. The van der Waals surface area contributed by atoms with Gasteiger partial charge in [-0.05, 0) is 32.9 Å². The molecule has 2 aliphatic heterocycles. The highest BCUT2D eigenvalue weighted by Gasteiger charge is 2.38. The lowest BCUT2D eigenvalue weighted by atomic mass is 10.0. The van der Waals surface area contributed by atoms with E-state index in [-0.39, 0.29) is 5.69 Å². The maximum atomic E-state index is 14.0. The number of guanidine groups is 1. The third-order valence-electron chi connectivity index (χ3n) is 4.37. The van der Waals surface area contributed by atoms with Gasteiger partial charge >= 0.3 is 6.18 Å². The molecular weight excluding hydrogens is 350 g/mol. The Morgan fingerprint density at radius 3 is 2.46 bits per heavy atom. The van der Waals surface area contributed by atoms with Crippen LogP contribution in [0.4, 0.5) is 23.2 Å². The van der Waals surface area contributed by atoms with Crippen molar-refractivity contribution in [3.8, 4) is 0 Å². The molecule has 2 aliphatic rings. The van der Waals surface area contributed by atoms with Crippen LogP contribution in [0.2, 0.25) is 0 Å². The van der Waals surface area contributed by atoms with Crippen LogP contribution in [0.1, 0.15) is 37.9 Å². The summed E-state index contributed by atoms with van der Waals surface area (Å²) in [6.07, 6.45) is -4.76. The summed E-state index contributed by atoms with van der Waals surface area (Å²) < 4.78 is 53.3. The van der Waals surface area contributed by atoms with Crippen LogP contribution in [0.25, 0.3) is 0 Å². The van der Waals surface area contributed by atoms with E-state index < -0.39 is 23.6 Å². The largest absolute Gasteiger partial charge is 0.419 e. The van der Waals surface area contributed by atoms with Gasteiger partial charge in [0.2, 0.25) is 5.96 Å². The van der Waals surface area contributed by atoms with Crippen molar-refractivity contribution in [3.05, 3.63) is 29.1 Å². The molecule has 9 heteroatoms. The lowest BCUT2D eigenvalue weighted by molar-refractivity contribution is -0.139. The normalized spacial score (nSPS) is 20.6. The summed E-state index contributed by atoms with van der Waals surface area (Å²) in [5.41, 5.74) is 0.00495. The number of hydrogen-bond donors (Lipinski definition) is 1. The molecule has 1 atom stereocenters. The molecule has 0 amide bonds. The van der Waals surface area contributed by atoms with Crippen molar-refractivity contribution in [2.24, 2.45) is 10.1 Å². The number of rotatable bonds is 1. The summed E-state index contributed by atoms with van der Waals surface area (Å²) in [5.74, 6) is -0.798. The molecule has 0 bridgehead atoms. The van der Waals surface area contributed by atoms with E-state index in [0.29, 0.717) is 24.6 Å². The van der Waals surface area contributed by atoms with E-state index in [1.807, 2.05) is 18.7 Å². The number of alkyl halides is 3.